The van der Waals surface area contributed by atoms with Crippen LogP contribution in [0.1, 0.15) is 19.4 Å². The van der Waals surface area contributed by atoms with Gasteiger partial charge in [-0.15, -0.1) is 0 Å². The number of hydrogen-bond acceptors (Lipinski definition) is 2. The quantitative estimate of drug-likeness (QED) is 0.742. The molecule has 0 atom stereocenters. The van der Waals surface area contributed by atoms with Gasteiger partial charge in [-0.1, -0.05) is 24.8 Å². The van der Waals surface area contributed by atoms with Gasteiger partial charge < -0.3 is 11.1 Å². The largest absolute Gasteiger partial charge is 0.362 e. The molecule has 1 rings (SSSR count). The zero-order valence-corrected chi connectivity index (χ0v) is 8.17. The van der Waals surface area contributed by atoms with Crippen LogP contribution in [0.15, 0.2) is 37.0 Å². The molecule has 1 aromatic carbocycles. The second-order valence-corrected chi connectivity index (χ2v) is 3.62. The highest BCUT2D eigenvalue weighted by Gasteiger charge is 2.16. The summed E-state index contributed by atoms with van der Waals surface area (Å²) < 4.78 is 0. The minimum absolute atomic E-state index is 0.327. The van der Waals surface area contributed by atoms with Crippen molar-refractivity contribution < 1.29 is 0 Å². The molecule has 0 radical (unpaired) electrons. The summed E-state index contributed by atoms with van der Waals surface area (Å²) in [6, 6.07) is 7.97. The van der Waals surface area contributed by atoms with Gasteiger partial charge in [-0.2, -0.15) is 0 Å². The van der Waals surface area contributed by atoms with E-state index in [0.717, 1.165) is 11.3 Å². The molecule has 3 N–H and O–H groups in total. The summed E-state index contributed by atoms with van der Waals surface area (Å²) in [5, 5.41) is 3.07. The Morgan fingerprint density at radius 3 is 2.54 bits per heavy atom. The van der Waals surface area contributed by atoms with Gasteiger partial charge in [0, 0.05) is 11.2 Å². The minimum Gasteiger partial charge on any atom is -0.362 e. The Balaban J connectivity index is 3.11. The first kappa shape index (κ1) is 9.81. The minimum atomic E-state index is -0.327. The van der Waals surface area contributed by atoms with E-state index in [4.69, 9.17) is 5.73 Å². The predicted molar refractivity (Wildman–Crippen MR) is 57.5 cm³/mol. The van der Waals surface area contributed by atoms with Crippen molar-refractivity contribution in [1.29, 1.82) is 0 Å². The summed E-state index contributed by atoms with van der Waals surface area (Å²) in [5.74, 6) is 0. The summed E-state index contributed by atoms with van der Waals surface area (Å²) >= 11 is 0. The number of nitrogens with one attached hydrogen (secondary N) is 1. The number of rotatable bonds is 3. The number of para-hydroxylation sites is 1. The SMILES string of the molecule is C=CNc1ccccc1C(C)(C)N. The Morgan fingerprint density at radius 1 is 1.38 bits per heavy atom. The highest BCUT2D eigenvalue weighted by Crippen LogP contribution is 2.25. The molecular formula is C11H16N2. The lowest BCUT2D eigenvalue weighted by Crippen LogP contribution is -2.29. The smallest absolute Gasteiger partial charge is 0.0430 e. The lowest BCUT2D eigenvalue weighted by molar-refractivity contribution is 0.556. The zero-order valence-electron chi connectivity index (χ0n) is 8.17. The van der Waals surface area contributed by atoms with Crippen LogP contribution in [0.25, 0.3) is 0 Å². The van der Waals surface area contributed by atoms with Gasteiger partial charge in [-0.25, -0.2) is 0 Å². The van der Waals surface area contributed by atoms with Gasteiger partial charge in [0.25, 0.3) is 0 Å². The molecule has 0 fully saturated rings. The van der Waals surface area contributed by atoms with Gasteiger partial charge in [0.1, 0.15) is 0 Å². The fraction of sp³-hybridized carbons (Fsp3) is 0.273. The molecule has 0 saturated carbocycles. The van der Waals surface area contributed by atoms with Crippen molar-refractivity contribution in [2.45, 2.75) is 19.4 Å². The molecule has 1 aromatic rings. The van der Waals surface area contributed by atoms with Crippen molar-refractivity contribution in [3.8, 4) is 0 Å². The first-order chi connectivity index (χ1) is 6.05. The third kappa shape index (κ3) is 2.33. The van der Waals surface area contributed by atoms with E-state index in [-0.39, 0.29) is 5.54 Å². The zero-order chi connectivity index (χ0) is 9.90. The van der Waals surface area contributed by atoms with Gasteiger partial charge in [0.15, 0.2) is 0 Å². The molecule has 0 aliphatic heterocycles. The third-order valence-electron chi connectivity index (χ3n) is 1.88. The van der Waals surface area contributed by atoms with Crippen LogP contribution in [-0.2, 0) is 5.54 Å². The van der Waals surface area contributed by atoms with E-state index in [9.17, 15) is 0 Å². The van der Waals surface area contributed by atoms with Crippen molar-refractivity contribution in [1.82, 2.24) is 0 Å². The van der Waals surface area contributed by atoms with Crippen molar-refractivity contribution >= 4 is 5.69 Å². The highest BCUT2D eigenvalue weighted by molar-refractivity contribution is 5.55. The van der Waals surface area contributed by atoms with Crippen LogP contribution in [0.4, 0.5) is 5.69 Å². The molecule has 0 heterocycles. The molecule has 0 bridgehead atoms. The molecule has 0 aliphatic carbocycles. The first-order valence-electron chi connectivity index (χ1n) is 4.31. The van der Waals surface area contributed by atoms with E-state index in [2.05, 4.69) is 11.9 Å². The number of hydrogen-bond donors (Lipinski definition) is 2. The van der Waals surface area contributed by atoms with E-state index in [1.54, 1.807) is 6.20 Å². The van der Waals surface area contributed by atoms with Crippen molar-refractivity contribution in [2.75, 3.05) is 5.32 Å². The number of nitrogens with two attached hydrogens (primary N) is 1. The molecule has 0 saturated heterocycles. The Bertz CT molecular complexity index is 297. The average molecular weight is 176 g/mol. The maximum Gasteiger partial charge on any atom is 0.0430 e. The van der Waals surface area contributed by atoms with E-state index in [1.165, 1.54) is 0 Å². The van der Waals surface area contributed by atoms with Crippen molar-refractivity contribution in [2.24, 2.45) is 5.73 Å². The average Bonchev–Trinajstić information content (AvgIpc) is 2.04. The Labute approximate surface area is 79.5 Å². The standard InChI is InChI=1S/C11H16N2/c1-4-13-10-8-6-5-7-9(10)11(2,3)12/h4-8,13H,1,12H2,2-3H3. The summed E-state index contributed by atoms with van der Waals surface area (Å²) in [6.45, 7) is 7.59. The lowest BCUT2D eigenvalue weighted by atomic mass is 9.94. The van der Waals surface area contributed by atoms with Crippen LogP contribution in [0.2, 0.25) is 0 Å². The number of benzene rings is 1. The topological polar surface area (TPSA) is 38.0 Å². The van der Waals surface area contributed by atoms with E-state index in [0.29, 0.717) is 0 Å². The summed E-state index contributed by atoms with van der Waals surface area (Å²) in [4.78, 5) is 0. The van der Waals surface area contributed by atoms with Crippen molar-refractivity contribution in [3.05, 3.63) is 42.6 Å². The Kier molecular flexibility index (Phi) is 2.73. The van der Waals surface area contributed by atoms with Crippen molar-refractivity contribution in [3.63, 3.8) is 0 Å². The van der Waals surface area contributed by atoms with Crippen LogP contribution >= 0.6 is 0 Å². The third-order valence-corrected chi connectivity index (χ3v) is 1.88. The van der Waals surface area contributed by atoms with E-state index < -0.39 is 0 Å². The molecule has 70 valence electrons. The fourth-order valence-corrected chi connectivity index (χ4v) is 1.28. The molecular weight excluding hydrogens is 160 g/mol. The summed E-state index contributed by atoms with van der Waals surface area (Å²) in [6.07, 6.45) is 1.66. The van der Waals surface area contributed by atoms with E-state index in [1.807, 2.05) is 38.1 Å². The molecule has 13 heavy (non-hydrogen) atoms. The highest BCUT2D eigenvalue weighted by atomic mass is 14.9. The first-order valence-corrected chi connectivity index (χ1v) is 4.31. The molecule has 0 unspecified atom stereocenters. The van der Waals surface area contributed by atoms with Crippen LogP contribution in [0, 0.1) is 0 Å². The summed E-state index contributed by atoms with van der Waals surface area (Å²) in [7, 11) is 0. The van der Waals surface area contributed by atoms with Crippen LogP contribution in [-0.4, -0.2) is 0 Å². The maximum atomic E-state index is 6.01. The fourth-order valence-electron chi connectivity index (χ4n) is 1.28. The molecule has 2 heteroatoms. The van der Waals surface area contributed by atoms with Gasteiger partial charge in [-0.05, 0) is 31.7 Å². The second kappa shape index (κ2) is 3.62. The Morgan fingerprint density at radius 2 is 2.00 bits per heavy atom. The van der Waals surface area contributed by atoms with Gasteiger partial charge in [-0.3, -0.25) is 0 Å². The van der Waals surface area contributed by atoms with E-state index >= 15 is 0 Å². The molecule has 2 nitrogen and oxygen atoms in total. The van der Waals surface area contributed by atoms with Crippen LogP contribution in [0.3, 0.4) is 0 Å². The molecule has 0 amide bonds. The van der Waals surface area contributed by atoms with Crippen LogP contribution < -0.4 is 11.1 Å². The second-order valence-electron chi connectivity index (χ2n) is 3.62. The lowest BCUT2D eigenvalue weighted by Gasteiger charge is -2.22. The molecule has 0 spiro atoms. The predicted octanol–water partition coefficient (Wildman–Crippen LogP) is 2.44. The number of anilines is 1. The van der Waals surface area contributed by atoms with Gasteiger partial charge >= 0.3 is 0 Å². The normalized spacial score (nSPS) is 11.0. The summed E-state index contributed by atoms with van der Waals surface area (Å²) in [5.41, 5.74) is 7.80. The van der Waals surface area contributed by atoms with Gasteiger partial charge in [0.2, 0.25) is 0 Å². The van der Waals surface area contributed by atoms with Gasteiger partial charge in [0.05, 0.1) is 0 Å². The molecule has 0 aliphatic rings. The monoisotopic (exact) mass is 176 g/mol. The van der Waals surface area contributed by atoms with Crippen LogP contribution in [0.5, 0.6) is 0 Å². The Hall–Kier alpha value is -1.28. The maximum absolute atomic E-state index is 6.01. The molecule has 0 aromatic heterocycles.